The molecule has 1 aromatic carbocycles. The SMILES string of the molecule is CCC(CC)N(CCO)C(=O)Nc1ccc([N+](=O)[O-])cc1. The molecule has 0 bridgehead atoms. The summed E-state index contributed by atoms with van der Waals surface area (Å²) in [5.74, 6) is 0. The molecule has 2 N–H and O–H groups in total. The third kappa shape index (κ3) is 4.71. The number of hydrogen-bond acceptors (Lipinski definition) is 4. The van der Waals surface area contributed by atoms with Gasteiger partial charge in [0.15, 0.2) is 0 Å². The molecule has 0 aromatic heterocycles. The van der Waals surface area contributed by atoms with Crippen molar-refractivity contribution in [2.24, 2.45) is 0 Å². The third-order valence-electron chi connectivity index (χ3n) is 3.31. The van der Waals surface area contributed by atoms with Crippen LogP contribution in [0, 0.1) is 10.1 Å². The molecule has 0 aliphatic rings. The average Bonchev–Trinajstić information content (AvgIpc) is 2.48. The van der Waals surface area contributed by atoms with Gasteiger partial charge in [-0.1, -0.05) is 13.8 Å². The second-order valence-electron chi connectivity index (χ2n) is 4.62. The van der Waals surface area contributed by atoms with Crippen LogP contribution in [0.5, 0.6) is 0 Å². The smallest absolute Gasteiger partial charge is 0.322 e. The van der Waals surface area contributed by atoms with E-state index >= 15 is 0 Å². The lowest BCUT2D eigenvalue weighted by molar-refractivity contribution is -0.384. The Kier molecular flexibility index (Phi) is 6.61. The fourth-order valence-electron chi connectivity index (χ4n) is 2.15. The van der Waals surface area contributed by atoms with E-state index < -0.39 is 4.92 Å². The van der Waals surface area contributed by atoms with E-state index in [1.54, 1.807) is 4.90 Å². The number of urea groups is 1. The molecule has 0 unspecified atom stereocenters. The summed E-state index contributed by atoms with van der Waals surface area (Å²) in [6, 6.07) is 5.38. The molecule has 0 spiro atoms. The Morgan fingerprint density at radius 3 is 2.33 bits per heavy atom. The highest BCUT2D eigenvalue weighted by atomic mass is 16.6. The highest BCUT2D eigenvalue weighted by Gasteiger charge is 2.20. The standard InChI is InChI=1S/C14H21N3O4/c1-3-12(4-2)16(9-10-18)14(19)15-11-5-7-13(8-6-11)17(20)21/h5-8,12,18H,3-4,9-10H2,1-2H3,(H,15,19). The van der Waals surface area contributed by atoms with Gasteiger partial charge in [-0.2, -0.15) is 0 Å². The van der Waals surface area contributed by atoms with Gasteiger partial charge in [-0.05, 0) is 25.0 Å². The van der Waals surface area contributed by atoms with Gasteiger partial charge >= 0.3 is 6.03 Å². The van der Waals surface area contributed by atoms with Gasteiger partial charge in [0, 0.05) is 30.4 Å². The Bertz CT molecular complexity index is 472. The first-order chi connectivity index (χ1) is 10.0. The topological polar surface area (TPSA) is 95.7 Å². The van der Waals surface area contributed by atoms with E-state index in [4.69, 9.17) is 5.11 Å². The van der Waals surface area contributed by atoms with E-state index in [1.807, 2.05) is 13.8 Å². The Hall–Kier alpha value is -2.15. The second kappa shape index (κ2) is 8.21. The first-order valence-corrected chi connectivity index (χ1v) is 6.96. The number of carbonyl (C=O) groups is 1. The highest BCUT2D eigenvalue weighted by Crippen LogP contribution is 2.17. The van der Waals surface area contributed by atoms with Crippen molar-refractivity contribution in [3.05, 3.63) is 34.4 Å². The van der Waals surface area contributed by atoms with Crippen LogP contribution in [0.3, 0.4) is 0 Å². The number of anilines is 1. The fourth-order valence-corrected chi connectivity index (χ4v) is 2.15. The van der Waals surface area contributed by atoms with Crippen molar-refractivity contribution < 1.29 is 14.8 Å². The number of nitro benzene ring substituents is 1. The average molecular weight is 295 g/mol. The molecule has 0 aliphatic carbocycles. The molecular formula is C14H21N3O4. The molecule has 116 valence electrons. The van der Waals surface area contributed by atoms with Crippen molar-refractivity contribution in [2.45, 2.75) is 32.7 Å². The minimum Gasteiger partial charge on any atom is -0.395 e. The van der Waals surface area contributed by atoms with Crippen molar-refractivity contribution >= 4 is 17.4 Å². The zero-order valence-electron chi connectivity index (χ0n) is 12.3. The number of benzene rings is 1. The number of rotatable bonds is 7. The van der Waals surface area contributed by atoms with Gasteiger partial charge in [0.2, 0.25) is 0 Å². The first-order valence-electron chi connectivity index (χ1n) is 6.96. The van der Waals surface area contributed by atoms with Gasteiger partial charge in [-0.15, -0.1) is 0 Å². The molecule has 7 nitrogen and oxygen atoms in total. The Morgan fingerprint density at radius 2 is 1.90 bits per heavy atom. The molecule has 0 aliphatic heterocycles. The van der Waals surface area contributed by atoms with E-state index in [0.29, 0.717) is 5.69 Å². The molecule has 21 heavy (non-hydrogen) atoms. The monoisotopic (exact) mass is 295 g/mol. The van der Waals surface area contributed by atoms with E-state index in [-0.39, 0.29) is 30.9 Å². The largest absolute Gasteiger partial charge is 0.395 e. The summed E-state index contributed by atoms with van der Waals surface area (Å²) in [7, 11) is 0. The highest BCUT2D eigenvalue weighted by molar-refractivity contribution is 5.89. The summed E-state index contributed by atoms with van der Waals surface area (Å²) in [6.45, 7) is 4.12. The molecule has 7 heteroatoms. The maximum Gasteiger partial charge on any atom is 0.322 e. The maximum atomic E-state index is 12.3. The lowest BCUT2D eigenvalue weighted by Gasteiger charge is -2.30. The van der Waals surface area contributed by atoms with E-state index in [1.165, 1.54) is 24.3 Å². The van der Waals surface area contributed by atoms with Crippen LogP contribution in [-0.4, -0.2) is 40.2 Å². The number of amides is 2. The van der Waals surface area contributed by atoms with Crippen LogP contribution >= 0.6 is 0 Å². The number of carbonyl (C=O) groups excluding carboxylic acids is 1. The first kappa shape index (κ1) is 16.9. The molecule has 0 atom stereocenters. The number of hydrogen-bond donors (Lipinski definition) is 2. The van der Waals surface area contributed by atoms with Crippen molar-refractivity contribution in [1.29, 1.82) is 0 Å². The van der Waals surface area contributed by atoms with Crippen molar-refractivity contribution in [1.82, 2.24) is 4.90 Å². The van der Waals surface area contributed by atoms with Gasteiger partial charge in [-0.25, -0.2) is 4.79 Å². The summed E-state index contributed by atoms with van der Waals surface area (Å²) >= 11 is 0. The van der Waals surface area contributed by atoms with Crippen molar-refractivity contribution in [3.63, 3.8) is 0 Å². The van der Waals surface area contributed by atoms with Gasteiger partial charge in [-0.3, -0.25) is 10.1 Å². The minimum atomic E-state index is -0.492. The Morgan fingerprint density at radius 1 is 1.33 bits per heavy atom. The number of nitrogens with one attached hydrogen (secondary N) is 1. The number of non-ortho nitro benzene ring substituents is 1. The van der Waals surface area contributed by atoms with Crippen LogP contribution in [0.1, 0.15) is 26.7 Å². The third-order valence-corrected chi connectivity index (χ3v) is 3.31. The number of aliphatic hydroxyl groups excluding tert-OH is 1. The minimum absolute atomic E-state index is 0.0276. The molecule has 1 aromatic rings. The summed E-state index contributed by atoms with van der Waals surface area (Å²) in [5, 5.41) is 22.4. The predicted molar refractivity (Wildman–Crippen MR) is 80.3 cm³/mol. The molecule has 0 radical (unpaired) electrons. The summed E-state index contributed by atoms with van der Waals surface area (Å²) in [6.07, 6.45) is 1.59. The van der Waals surface area contributed by atoms with Crippen LogP contribution < -0.4 is 5.32 Å². The summed E-state index contributed by atoms with van der Waals surface area (Å²) in [5.41, 5.74) is 0.458. The Balaban J connectivity index is 2.78. The number of aliphatic hydroxyl groups is 1. The van der Waals surface area contributed by atoms with Crippen LogP contribution in [-0.2, 0) is 0 Å². The Labute approximate surface area is 123 Å². The van der Waals surface area contributed by atoms with Crippen LogP contribution in [0.15, 0.2) is 24.3 Å². The lowest BCUT2D eigenvalue weighted by atomic mass is 10.1. The van der Waals surface area contributed by atoms with Crippen LogP contribution in [0.25, 0.3) is 0 Å². The van der Waals surface area contributed by atoms with Crippen molar-refractivity contribution in [3.8, 4) is 0 Å². The molecule has 0 fully saturated rings. The van der Waals surface area contributed by atoms with Gasteiger partial charge < -0.3 is 15.3 Å². The number of nitro groups is 1. The van der Waals surface area contributed by atoms with Gasteiger partial charge in [0.1, 0.15) is 0 Å². The molecular weight excluding hydrogens is 274 g/mol. The number of nitrogens with zero attached hydrogens (tertiary/aromatic N) is 2. The zero-order chi connectivity index (χ0) is 15.8. The van der Waals surface area contributed by atoms with Crippen molar-refractivity contribution in [2.75, 3.05) is 18.5 Å². The lowest BCUT2D eigenvalue weighted by Crippen LogP contribution is -2.44. The van der Waals surface area contributed by atoms with Crippen LogP contribution in [0.4, 0.5) is 16.2 Å². The molecule has 1 rings (SSSR count). The summed E-state index contributed by atoms with van der Waals surface area (Å²) < 4.78 is 0. The van der Waals surface area contributed by atoms with Crippen LogP contribution in [0.2, 0.25) is 0 Å². The molecule has 2 amide bonds. The van der Waals surface area contributed by atoms with E-state index in [0.717, 1.165) is 12.8 Å². The molecule has 0 saturated carbocycles. The van der Waals surface area contributed by atoms with Gasteiger partial charge in [0.05, 0.1) is 11.5 Å². The summed E-state index contributed by atoms with van der Waals surface area (Å²) in [4.78, 5) is 23.9. The molecule has 0 heterocycles. The quantitative estimate of drug-likeness (QED) is 0.597. The van der Waals surface area contributed by atoms with Gasteiger partial charge in [0.25, 0.3) is 5.69 Å². The predicted octanol–water partition coefficient (Wildman–Crippen LogP) is 2.61. The normalized spacial score (nSPS) is 10.5. The maximum absolute atomic E-state index is 12.3. The molecule has 0 saturated heterocycles. The second-order valence-corrected chi connectivity index (χ2v) is 4.62. The van der Waals surface area contributed by atoms with E-state index in [2.05, 4.69) is 5.32 Å². The van der Waals surface area contributed by atoms with E-state index in [9.17, 15) is 14.9 Å². The zero-order valence-corrected chi connectivity index (χ0v) is 12.3. The fraction of sp³-hybridized carbons (Fsp3) is 0.500.